The normalized spacial score (nSPS) is 11.6. The molecule has 1 heterocycles. The Morgan fingerprint density at radius 1 is 1.29 bits per heavy atom. The highest BCUT2D eigenvalue weighted by Gasteiger charge is 2.33. The van der Waals surface area contributed by atoms with Gasteiger partial charge in [-0.25, -0.2) is 9.97 Å². The van der Waals surface area contributed by atoms with Gasteiger partial charge in [0.05, 0.1) is 0 Å². The van der Waals surface area contributed by atoms with Gasteiger partial charge >= 0.3 is 6.18 Å². The number of alkyl halides is 3. The van der Waals surface area contributed by atoms with Crippen molar-refractivity contribution in [3.63, 3.8) is 0 Å². The molecule has 3 nitrogen and oxygen atoms in total. The predicted molar refractivity (Wildman–Crippen MR) is 62.2 cm³/mol. The van der Waals surface area contributed by atoms with Crippen molar-refractivity contribution in [2.75, 3.05) is 17.6 Å². The summed E-state index contributed by atoms with van der Waals surface area (Å²) in [6.45, 7) is 4.23. The lowest BCUT2D eigenvalue weighted by atomic mass is 10.4. The smallest absolute Gasteiger partial charge is 0.354 e. The Labute approximate surface area is 102 Å². The Kier molecular flexibility index (Phi) is 5.04. The van der Waals surface area contributed by atoms with Crippen molar-refractivity contribution in [3.05, 3.63) is 11.8 Å². The highest BCUT2D eigenvalue weighted by Crippen LogP contribution is 2.30. The van der Waals surface area contributed by atoms with E-state index in [0.717, 1.165) is 18.2 Å². The van der Waals surface area contributed by atoms with Crippen molar-refractivity contribution < 1.29 is 13.2 Å². The maximum Gasteiger partial charge on any atom is 0.433 e. The number of aromatic nitrogens is 2. The predicted octanol–water partition coefficient (Wildman–Crippen LogP) is 3.43. The molecule has 0 amide bonds. The van der Waals surface area contributed by atoms with Crippen LogP contribution < -0.4 is 5.32 Å². The van der Waals surface area contributed by atoms with E-state index in [1.54, 1.807) is 6.92 Å². The molecule has 0 atom stereocenters. The molecule has 0 fully saturated rings. The van der Waals surface area contributed by atoms with Gasteiger partial charge in [-0.3, -0.25) is 0 Å². The van der Waals surface area contributed by atoms with Crippen LogP contribution in [0.3, 0.4) is 0 Å². The molecule has 1 aromatic heterocycles. The molecule has 0 spiro atoms. The fourth-order valence-corrected chi connectivity index (χ4v) is 1.85. The number of hydrogen-bond acceptors (Lipinski definition) is 4. The summed E-state index contributed by atoms with van der Waals surface area (Å²) in [5, 5.41) is 3.05. The lowest BCUT2D eigenvalue weighted by Gasteiger charge is -2.10. The molecular weight excluding hydrogens is 251 g/mol. The molecular formula is C10H14F3N3S. The second kappa shape index (κ2) is 6.09. The molecule has 0 bridgehead atoms. The standard InChI is InChI=1S/C10H14F3N3S/c1-3-5-17-8-6-7(10(11,12)13)15-9(16-8)14-4-2/h6H,3-5H2,1-2H3,(H,14,15,16). The van der Waals surface area contributed by atoms with Crippen LogP contribution in [0.5, 0.6) is 0 Å². The Morgan fingerprint density at radius 3 is 2.53 bits per heavy atom. The Balaban J connectivity index is 3.01. The maximum atomic E-state index is 12.6. The average molecular weight is 265 g/mol. The van der Waals surface area contributed by atoms with Crippen LogP contribution in [0.25, 0.3) is 0 Å². The fraction of sp³-hybridized carbons (Fsp3) is 0.600. The van der Waals surface area contributed by atoms with E-state index >= 15 is 0 Å². The summed E-state index contributed by atoms with van der Waals surface area (Å²) in [7, 11) is 0. The minimum atomic E-state index is -4.44. The van der Waals surface area contributed by atoms with Gasteiger partial charge in [0.1, 0.15) is 5.03 Å². The quantitative estimate of drug-likeness (QED) is 0.654. The Hall–Kier alpha value is -0.980. The molecule has 0 unspecified atom stereocenters. The Bertz CT molecular complexity index is 368. The first-order valence-electron chi connectivity index (χ1n) is 5.30. The molecule has 1 N–H and O–H groups in total. The number of anilines is 1. The monoisotopic (exact) mass is 265 g/mol. The van der Waals surface area contributed by atoms with Gasteiger partial charge in [-0.15, -0.1) is 11.8 Å². The SMILES string of the molecule is CCCSc1cc(C(F)(F)F)nc(NCC)n1. The molecule has 0 radical (unpaired) electrons. The van der Waals surface area contributed by atoms with Gasteiger partial charge in [0.25, 0.3) is 0 Å². The number of halogens is 3. The van der Waals surface area contributed by atoms with Crippen LogP contribution in [0.2, 0.25) is 0 Å². The Morgan fingerprint density at radius 2 is 2.00 bits per heavy atom. The molecule has 0 aliphatic rings. The lowest BCUT2D eigenvalue weighted by Crippen LogP contribution is -2.12. The van der Waals surface area contributed by atoms with Crippen molar-refractivity contribution in [2.24, 2.45) is 0 Å². The van der Waals surface area contributed by atoms with Crippen molar-refractivity contribution in [1.82, 2.24) is 9.97 Å². The van der Waals surface area contributed by atoms with Gasteiger partial charge < -0.3 is 5.32 Å². The van der Waals surface area contributed by atoms with E-state index in [2.05, 4.69) is 15.3 Å². The topological polar surface area (TPSA) is 37.8 Å². The van der Waals surface area contributed by atoms with Crippen LogP contribution in [-0.2, 0) is 6.18 Å². The summed E-state index contributed by atoms with van der Waals surface area (Å²) in [6.07, 6.45) is -3.55. The minimum Gasteiger partial charge on any atom is -0.354 e. The number of hydrogen-bond donors (Lipinski definition) is 1. The highest BCUT2D eigenvalue weighted by atomic mass is 32.2. The molecule has 0 saturated heterocycles. The summed E-state index contributed by atoms with van der Waals surface area (Å²) in [5.41, 5.74) is -0.901. The molecule has 0 saturated carbocycles. The number of nitrogens with zero attached hydrogens (tertiary/aromatic N) is 2. The maximum absolute atomic E-state index is 12.6. The van der Waals surface area contributed by atoms with Gasteiger partial charge in [0, 0.05) is 12.6 Å². The third-order valence-electron chi connectivity index (χ3n) is 1.78. The first-order valence-corrected chi connectivity index (χ1v) is 6.28. The van der Waals surface area contributed by atoms with Crippen LogP contribution in [-0.4, -0.2) is 22.3 Å². The third kappa shape index (κ3) is 4.41. The largest absolute Gasteiger partial charge is 0.433 e. The first-order chi connectivity index (χ1) is 7.97. The van der Waals surface area contributed by atoms with E-state index in [1.165, 1.54) is 11.8 Å². The molecule has 0 aliphatic carbocycles. The van der Waals surface area contributed by atoms with Crippen molar-refractivity contribution in [3.8, 4) is 0 Å². The summed E-state index contributed by atoms with van der Waals surface area (Å²) >= 11 is 1.30. The van der Waals surface area contributed by atoms with E-state index in [9.17, 15) is 13.2 Å². The van der Waals surface area contributed by atoms with E-state index in [4.69, 9.17) is 0 Å². The van der Waals surface area contributed by atoms with Gasteiger partial charge in [-0.2, -0.15) is 13.2 Å². The molecule has 17 heavy (non-hydrogen) atoms. The summed E-state index contributed by atoms with van der Waals surface area (Å²) in [6, 6.07) is 0.987. The molecule has 1 rings (SSSR count). The number of thioether (sulfide) groups is 1. The van der Waals surface area contributed by atoms with Crippen LogP contribution in [0.4, 0.5) is 19.1 Å². The van der Waals surface area contributed by atoms with E-state index < -0.39 is 11.9 Å². The number of rotatable bonds is 5. The lowest BCUT2D eigenvalue weighted by molar-refractivity contribution is -0.141. The van der Waals surface area contributed by atoms with Crippen LogP contribution >= 0.6 is 11.8 Å². The van der Waals surface area contributed by atoms with Gasteiger partial charge in [0.2, 0.25) is 5.95 Å². The highest BCUT2D eigenvalue weighted by molar-refractivity contribution is 7.99. The molecule has 96 valence electrons. The minimum absolute atomic E-state index is 0.0286. The fourth-order valence-electron chi connectivity index (χ4n) is 1.09. The summed E-state index contributed by atoms with van der Waals surface area (Å²) in [5.74, 6) is 0.765. The van der Waals surface area contributed by atoms with Crippen LogP contribution in [0.1, 0.15) is 26.0 Å². The summed E-state index contributed by atoms with van der Waals surface area (Å²) in [4.78, 5) is 7.46. The first kappa shape index (κ1) is 14.1. The third-order valence-corrected chi connectivity index (χ3v) is 2.90. The van der Waals surface area contributed by atoms with Crippen LogP contribution in [0, 0.1) is 0 Å². The van der Waals surface area contributed by atoms with Gasteiger partial charge in [0.15, 0.2) is 5.69 Å². The zero-order valence-electron chi connectivity index (χ0n) is 9.64. The molecule has 0 aromatic carbocycles. The number of nitrogens with one attached hydrogen (secondary N) is 1. The van der Waals surface area contributed by atoms with Crippen molar-refractivity contribution >= 4 is 17.7 Å². The van der Waals surface area contributed by atoms with Crippen LogP contribution in [0.15, 0.2) is 11.1 Å². The van der Waals surface area contributed by atoms with Crippen molar-refractivity contribution in [1.29, 1.82) is 0 Å². The second-order valence-corrected chi connectivity index (χ2v) is 4.41. The zero-order valence-corrected chi connectivity index (χ0v) is 10.5. The van der Waals surface area contributed by atoms with Gasteiger partial charge in [-0.1, -0.05) is 6.92 Å². The van der Waals surface area contributed by atoms with E-state index in [1.807, 2.05) is 6.92 Å². The average Bonchev–Trinajstić information content (AvgIpc) is 2.25. The zero-order chi connectivity index (χ0) is 12.9. The summed E-state index contributed by atoms with van der Waals surface area (Å²) < 4.78 is 37.7. The molecule has 7 heteroatoms. The molecule has 1 aromatic rings. The molecule has 0 aliphatic heterocycles. The second-order valence-electron chi connectivity index (χ2n) is 3.29. The van der Waals surface area contributed by atoms with E-state index in [-0.39, 0.29) is 5.95 Å². The van der Waals surface area contributed by atoms with Crippen molar-refractivity contribution in [2.45, 2.75) is 31.5 Å². The van der Waals surface area contributed by atoms with Gasteiger partial charge in [-0.05, 0) is 19.1 Å². The van der Waals surface area contributed by atoms with E-state index in [0.29, 0.717) is 11.6 Å².